The Labute approximate surface area is 261 Å². The molecule has 0 radical (unpaired) electrons. The molecule has 1 heterocycles. The Morgan fingerprint density at radius 1 is 0.867 bits per heavy atom. The molecule has 6 rings (SSSR count). The minimum Gasteiger partial charge on any atom is -0.493 e. The van der Waals surface area contributed by atoms with E-state index in [0.29, 0.717) is 42.3 Å². The number of carbonyl (C=O) groups excluding carboxylic acids is 2. The fourth-order valence-electron chi connectivity index (χ4n) is 5.94. The van der Waals surface area contributed by atoms with Crippen molar-refractivity contribution in [2.45, 2.75) is 58.8 Å². The molecule has 2 fully saturated rings. The summed E-state index contributed by atoms with van der Waals surface area (Å²) in [5.74, 6) is 0.427. The number of hydrogen-bond donors (Lipinski definition) is 2. The molecule has 45 heavy (non-hydrogen) atoms. The highest BCUT2D eigenvalue weighted by atomic mass is 19.1. The molecule has 0 aliphatic heterocycles. The van der Waals surface area contributed by atoms with E-state index in [1.54, 1.807) is 12.3 Å². The lowest BCUT2D eigenvalue weighted by Gasteiger charge is -2.18. The van der Waals surface area contributed by atoms with Gasteiger partial charge in [0.2, 0.25) is 11.8 Å². The first-order chi connectivity index (χ1) is 21.7. The molecule has 1 aromatic heterocycles. The second kappa shape index (κ2) is 12.8. The molecular formula is C36H37F2N3O4. The van der Waals surface area contributed by atoms with Crippen molar-refractivity contribution >= 4 is 34.1 Å². The Bertz CT molecular complexity index is 1720. The van der Waals surface area contributed by atoms with Gasteiger partial charge in [0.15, 0.2) is 11.6 Å². The van der Waals surface area contributed by atoms with Crippen LogP contribution in [0.15, 0.2) is 66.9 Å². The number of anilines is 2. The van der Waals surface area contributed by atoms with Crippen LogP contribution in [0.3, 0.4) is 0 Å². The third-order valence-corrected chi connectivity index (χ3v) is 8.98. The van der Waals surface area contributed by atoms with Crippen LogP contribution in [0.4, 0.5) is 20.2 Å². The number of aromatic nitrogens is 1. The number of fused-ring (bicyclic) bond motifs is 1. The van der Waals surface area contributed by atoms with Crippen LogP contribution in [-0.4, -0.2) is 23.4 Å². The average molecular weight is 614 g/mol. The van der Waals surface area contributed by atoms with Gasteiger partial charge >= 0.3 is 0 Å². The minimum absolute atomic E-state index is 0.0174. The highest BCUT2D eigenvalue weighted by Crippen LogP contribution is 2.47. The average Bonchev–Trinajstić information content (AvgIpc) is 3.85. The van der Waals surface area contributed by atoms with Crippen molar-refractivity contribution in [2.24, 2.45) is 17.3 Å². The Morgan fingerprint density at radius 2 is 1.60 bits per heavy atom. The van der Waals surface area contributed by atoms with E-state index in [-0.39, 0.29) is 11.4 Å². The summed E-state index contributed by atoms with van der Waals surface area (Å²) < 4.78 is 40.7. The maximum Gasteiger partial charge on any atom is 0.240 e. The first kappa shape index (κ1) is 30.5. The maximum absolute atomic E-state index is 15.2. The number of aryl methyl sites for hydroxylation is 1. The number of hydrogen-bond acceptors (Lipinski definition) is 5. The largest absolute Gasteiger partial charge is 0.493 e. The highest BCUT2D eigenvalue weighted by Gasteiger charge is 2.56. The number of ether oxygens (including phenoxy) is 2. The van der Waals surface area contributed by atoms with Gasteiger partial charge in [0.05, 0.1) is 12.1 Å². The number of carbonyl (C=O) groups is 2. The Balaban J connectivity index is 1.11. The van der Waals surface area contributed by atoms with Crippen molar-refractivity contribution < 1.29 is 27.8 Å². The molecule has 2 aliphatic carbocycles. The quantitative estimate of drug-likeness (QED) is 0.146. The third-order valence-electron chi connectivity index (χ3n) is 8.98. The first-order valence-electron chi connectivity index (χ1n) is 15.6. The molecule has 2 N–H and O–H groups in total. The number of halogens is 2. The van der Waals surface area contributed by atoms with E-state index in [9.17, 15) is 14.0 Å². The Kier molecular flexibility index (Phi) is 8.70. The number of pyridine rings is 1. The number of nitrogens with one attached hydrogen (secondary N) is 2. The summed E-state index contributed by atoms with van der Waals surface area (Å²) in [6.07, 6.45) is 8.48. The zero-order valence-corrected chi connectivity index (χ0v) is 25.5. The summed E-state index contributed by atoms with van der Waals surface area (Å²) >= 11 is 0. The Hall–Kier alpha value is -4.53. The van der Waals surface area contributed by atoms with Crippen LogP contribution in [0.1, 0.15) is 57.4 Å². The summed E-state index contributed by atoms with van der Waals surface area (Å²) in [6.45, 7) is 4.99. The first-order valence-corrected chi connectivity index (χ1v) is 15.6. The number of nitrogens with zero attached hydrogens (tertiary/aromatic N) is 1. The summed E-state index contributed by atoms with van der Waals surface area (Å²) in [5, 5.41) is 6.05. The second-order valence-electron chi connectivity index (χ2n) is 12.5. The summed E-state index contributed by atoms with van der Waals surface area (Å²) in [4.78, 5) is 30.4. The summed E-state index contributed by atoms with van der Waals surface area (Å²) in [7, 11) is 0. The van der Waals surface area contributed by atoms with E-state index in [1.165, 1.54) is 68.5 Å². The molecule has 4 aromatic rings. The van der Waals surface area contributed by atoms with E-state index >= 15 is 4.39 Å². The lowest BCUT2D eigenvalue weighted by atomic mass is 10.00. The molecule has 9 heteroatoms. The molecule has 2 saturated carbocycles. The topological polar surface area (TPSA) is 89.5 Å². The molecule has 3 aromatic carbocycles. The maximum atomic E-state index is 15.2. The van der Waals surface area contributed by atoms with E-state index in [4.69, 9.17) is 9.47 Å². The predicted molar refractivity (Wildman–Crippen MR) is 170 cm³/mol. The van der Waals surface area contributed by atoms with Crippen LogP contribution in [0.2, 0.25) is 0 Å². The molecule has 0 saturated heterocycles. The van der Waals surface area contributed by atoms with Crippen LogP contribution < -0.4 is 20.1 Å². The van der Waals surface area contributed by atoms with Crippen LogP contribution in [-0.2, 0) is 9.59 Å². The van der Waals surface area contributed by atoms with E-state index in [0.717, 1.165) is 28.7 Å². The van der Waals surface area contributed by atoms with Crippen molar-refractivity contribution in [1.29, 1.82) is 0 Å². The van der Waals surface area contributed by atoms with Gasteiger partial charge in [-0.05, 0) is 98.5 Å². The monoisotopic (exact) mass is 613 g/mol. The van der Waals surface area contributed by atoms with Crippen molar-refractivity contribution in [3.8, 4) is 17.2 Å². The number of rotatable bonds is 9. The van der Waals surface area contributed by atoms with Gasteiger partial charge in [-0.15, -0.1) is 0 Å². The van der Waals surface area contributed by atoms with Gasteiger partial charge in [0, 0.05) is 35.1 Å². The molecule has 2 amide bonds. The van der Waals surface area contributed by atoms with Crippen LogP contribution in [0.5, 0.6) is 17.2 Å². The molecule has 2 unspecified atom stereocenters. The van der Waals surface area contributed by atoms with Gasteiger partial charge in [-0.3, -0.25) is 14.6 Å². The molecule has 2 aliphatic rings. The second-order valence-corrected chi connectivity index (χ2v) is 12.5. The van der Waals surface area contributed by atoms with Gasteiger partial charge in [0.25, 0.3) is 0 Å². The van der Waals surface area contributed by atoms with Crippen molar-refractivity contribution in [2.75, 3.05) is 17.2 Å². The van der Waals surface area contributed by atoms with Crippen LogP contribution in [0.25, 0.3) is 10.9 Å². The van der Waals surface area contributed by atoms with Gasteiger partial charge in [-0.25, -0.2) is 8.78 Å². The van der Waals surface area contributed by atoms with Gasteiger partial charge in [-0.2, -0.15) is 0 Å². The molecule has 0 bridgehead atoms. The van der Waals surface area contributed by atoms with E-state index in [1.807, 2.05) is 19.1 Å². The van der Waals surface area contributed by atoms with E-state index in [2.05, 4.69) is 22.5 Å². The number of benzene rings is 3. The molecular weight excluding hydrogens is 576 g/mol. The summed E-state index contributed by atoms with van der Waals surface area (Å²) in [5.41, 5.74) is 0.954. The van der Waals surface area contributed by atoms with Crippen molar-refractivity contribution in [3.05, 3.63) is 84.1 Å². The van der Waals surface area contributed by atoms with Gasteiger partial charge in [-0.1, -0.05) is 26.2 Å². The molecule has 234 valence electrons. The van der Waals surface area contributed by atoms with Crippen molar-refractivity contribution in [1.82, 2.24) is 4.98 Å². The van der Waals surface area contributed by atoms with Gasteiger partial charge < -0.3 is 20.1 Å². The molecule has 2 atom stereocenters. The smallest absolute Gasteiger partial charge is 0.240 e. The normalized spacial score (nSPS) is 18.9. The molecule has 0 spiro atoms. The predicted octanol–water partition coefficient (Wildman–Crippen LogP) is 8.57. The fraction of sp³-hybridized carbons (Fsp3) is 0.361. The van der Waals surface area contributed by atoms with Crippen LogP contribution >= 0.6 is 0 Å². The third kappa shape index (κ3) is 6.92. The summed E-state index contributed by atoms with van der Waals surface area (Å²) in [6, 6.07) is 15.0. The zero-order chi connectivity index (χ0) is 31.6. The molecule has 7 nitrogen and oxygen atoms in total. The lowest BCUT2D eigenvalue weighted by Crippen LogP contribution is -2.35. The zero-order valence-electron chi connectivity index (χ0n) is 25.5. The minimum atomic E-state index is -1.26. The van der Waals surface area contributed by atoms with Crippen molar-refractivity contribution in [3.63, 3.8) is 0 Å². The Morgan fingerprint density at radius 3 is 2.33 bits per heavy atom. The highest BCUT2D eigenvalue weighted by molar-refractivity contribution is 6.16. The standard InChI is InChI=1S/C36H37F2N3O4/c1-22-4-3-5-24(7-6-22)21-44-33-20-30-28(18-23(33)2)31(14-17-39-30)45-32-13-12-27(19-29(32)38)41-35(43)36(15-16-36)34(42)40-26-10-8-25(37)9-11-26/h8-14,17-20,22,24H,3-7,15-16,21H2,1-2H3,(H,40,42)(H,41,43). The van der Waals surface area contributed by atoms with Gasteiger partial charge in [0.1, 0.15) is 22.7 Å². The SMILES string of the molecule is Cc1cc2c(Oc3ccc(NC(=O)C4(C(=O)Nc5ccc(F)cc5)CC4)cc3F)ccnc2cc1OCC1CCCC(C)CC1. The number of amides is 2. The van der Waals surface area contributed by atoms with E-state index < -0.39 is 28.9 Å². The van der Waals surface area contributed by atoms with Crippen LogP contribution in [0, 0.1) is 35.8 Å². The lowest BCUT2D eigenvalue weighted by molar-refractivity contribution is -0.131. The fourth-order valence-corrected chi connectivity index (χ4v) is 5.94.